The molecule has 0 aliphatic carbocycles. The molecule has 2 nitrogen and oxygen atoms in total. The number of benzene rings is 1. The Labute approximate surface area is 132 Å². The second kappa shape index (κ2) is 8.23. The van der Waals surface area contributed by atoms with Gasteiger partial charge in [0.25, 0.3) is 0 Å². The molecule has 0 aromatic heterocycles. The number of hydrogen-bond acceptors (Lipinski definition) is 2. The van der Waals surface area contributed by atoms with Crippen molar-refractivity contribution in [1.29, 1.82) is 0 Å². The molecule has 1 aromatic rings. The fourth-order valence-corrected chi connectivity index (χ4v) is 3.21. The SMILES string of the molecule is CCCNCC1CCCCN1Cc1cccc(Cl)c1Cl. The van der Waals surface area contributed by atoms with E-state index in [9.17, 15) is 0 Å². The molecule has 1 aromatic carbocycles. The molecule has 20 heavy (non-hydrogen) atoms. The number of halogens is 2. The molecule has 1 atom stereocenters. The average Bonchev–Trinajstić information content (AvgIpc) is 2.46. The van der Waals surface area contributed by atoms with Crippen LogP contribution in [0.25, 0.3) is 0 Å². The minimum absolute atomic E-state index is 0.616. The number of likely N-dealkylation sites (tertiary alicyclic amines) is 1. The molecule has 112 valence electrons. The molecular weight excluding hydrogens is 291 g/mol. The molecule has 1 fully saturated rings. The molecule has 1 aliphatic heterocycles. The van der Waals surface area contributed by atoms with Crippen LogP contribution in [0.1, 0.15) is 38.2 Å². The standard InChI is InChI=1S/C16H24Cl2N2/c1-2-9-19-11-14-7-3-4-10-20(14)12-13-6-5-8-15(17)16(13)18/h5-6,8,14,19H,2-4,7,9-12H2,1H3. The van der Waals surface area contributed by atoms with Gasteiger partial charge in [-0.15, -0.1) is 0 Å². The monoisotopic (exact) mass is 314 g/mol. The quantitative estimate of drug-likeness (QED) is 0.785. The zero-order valence-electron chi connectivity index (χ0n) is 12.2. The Morgan fingerprint density at radius 1 is 1.30 bits per heavy atom. The summed E-state index contributed by atoms with van der Waals surface area (Å²) in [4.78, 5) is 2.55. The first-order chi connectivity index (χ1) is 9.72. The van der Waals surface area contributed by atoms with Crippen molar-refractivity contribution in [2.24, 2.45) is 0 Å². The van der Waals surface area contributed by atoms with Crippen LogP contribution >= 0.6 is 23.2 Å². The van der Waals surface area contributed by atoms with E-state index in [0.717, 1.165) is 31.7 Å². The lowest BCUT2D eigenvalue weighted by Crippen LogP contribution is -2.45. The molecule has 0 radical (unpaired) electrons. The average molecular weight is 315 g/mol. The fraction of sp³-hybridized carbons (Fsp3) is 0.625. The van der Waals surface area contributed by atoms with E-state index in [1.165, 1.54) is 25.7 Å². The van der Waals surface area contributed by atoms with Gasteiger partial charge in [-0.2, -0.15) is 0 Å². The molecule has 0 bridgehead atoms. The van der Waals surface area contributed by atoms with Gasteiger partial charge < -0.3 is 5.32 Å². The van der Waals surface area contributed by atoms with Gasteiger partial charge in [-0.05, 0) is 44.0 Å². The van der Waals surface area contributed by atoms with Gasteiger partial charge in [0.15, 0.2) is 0 Å². The Kier molecular flexibility index (Phi) is 6.63. The van der Waals surface area contributed by atoms with Crippen molar-refractivity contribution in [2.75, 3.05) is 19.6 Å². The number of piperidine rings is 1. The molecular formula is C16H24Cl2N2. The summed E-state index contributed by atoms with van der Waals surface area (Å²) < 4.78 is 0. The highest BCUT2D eigenvalue weighted by Crippen LogP contribution is 2.28. The lowest BCUT2D eigenvalue weighted by molar-refractivity contribution is 0.137. The predicted octanol–water partition coefficient (Wildman–Crippen LogP) is 4.35. The molecule has 1 N–H and O–H groups in total. The van der Waals surface area contributed by atoms with Crippen LogP contribution in [0, 0.1) is 0 Å². The number of rotatable bonds is 6. The van der Waals surface area contributed by atoms with E-state index >= 15 is 0 Å². The molecule has 0 spiro atoms. The van der Waals surface area contributed by atoms with E-state index in [-0.39, 0.29) is 0 Å². The van der Waals surface area contributed by atoms with Crippen LogP contribution in [0.15, 0.2) is 18.2 Å². The summed E-state index contributed by atoms with van der Waals surface area (Å²) in [6, 6.07) is 6.53. The van der Waals surface area contributed by atoms with Gasteiger partial charge in [-0.3, -0.25) is 4.90 Å². The summed E-state index contributed by atoms with van der Waals surface area (Å²) in [6.07, 6.45) is 5.07. The molecule has 0 saturated carbocycles. The second-order valence-electron chi connectivity index (χ2n) is 5.54. The number of hydrogen-bond donors (Lipinski definition) is 1. The summed E-state index contributed by atoms with van der Waals surface area (Å²) >= 11 is 12.4. The Morgan fingerprint density at radius 2 is 2.15 bits per heavy atom. The zero-order valence-corrected chi connectivity index (χ0v) is 13.7. The van der Waals surface area contributed by atoms with Crippen molar-refractivity contribution < 1.29 is 0 Å². The van der Waals surface area contributed by atoms with Crippen molar-refractivity contribution in [1.82, 2.24) is 10.2 Å². The van der Waals surface area contributed by atoms with Crippen LogP contribution in [0.5, 0.6) is 0 Å². The zero-order chi connectivity index (χ0) is 14.4. The summed E-state index contributed by atoms with van der Waals surface area (Å²) in [5.41, 5.74) is 1.14. The lowest BCUT2D eigenvalue weighted by Gasteiger charge is -2.36. The normalized spacial score (nSPS) is 20.2. The van der Waals surface area contributed by atoms with Crippen LogP contribution < -0.4 is 5.32 Å². The maximum atomic E-state index is 6.31. The molecule has 1 aliphatic rings. The minimum Gasteiger partial charge on any atom is -0.315 e. The summed E-state index contributed by atoms with van der Waals surface area (Å²) in [5.74, 6) is 0. The van der Waals surface area contributed by atoms with Crippen LogP contribution in [-0.4, -0.2) is 30.6 Å². The van der Waals surface area contributed by atoms with Gasteiger partial charge in [0.2, 0.25) is 0 Å². The van der Waals surface area contributed by atoms with Gasteiger partial charge >= 0.3 is 0 Å². The molecule has 2 rings (SSSR count). The summed E-state index contributed by atoms with van der Waals surface area (Å²) in [7, 11) is 0. The first kappa shape index (κ1) is 16.1. The summed E-state index contributed by atoms with van der Waals surface area (Å²) in [6.45, 7) is 6.44. The van der Waals surface area contributed by atoms with Crippen LogP contribution in [0.4, 0.5) is 0 Å². The maximum Gasteiger partial charge on any atom is 0.0637 e. The molecule has 1 heterocycles. The van der Waals surface area contributed by atoms with Gasteiger partial charge in [-0.1, -0.05) is 48.7 Å². The van der Waals surface area contributed by atoms with Crippen LogP contribution in [-0.2, 0) is 6.54 Å². The van der Waals surface area contributed by atoms with Gasteiger partial charge in [-0.25, -0.2) is 0 Å². The third-order valence-electron chi connectivity index (χ3n) is 3.96. The highest BCUT2D eigenvalue weighted by molar-refractivity contribution is 6.42. The first-order valence-corrected chi connectivity index (χ1v) is 8.35. The Hall–Kier alpha value is -0.280. The van der Waals surface area contributed by atoms with Crippen molar-refractivity contribution in [3.05, 3.63) is 33.8 Å². The minimum atomic E-state index is 0.616. The van der Waals surface area contributed by atoms with Crippen molar-refractivity contribution in [3.8, 4) is 0 Å². The fourth-order valence-electron chi connectivity index (χ4n) is 2.83. The predicted molar refractivity (Wildman–Crippen MR) is 87.7 cm³/mol. The first-order valence-electron chi connectivity index (χ1n) is 7.60. The second-order valence-corrected chi connectivity index (χ2v) is 6.32. The highest BCUT2D eigenvalue weighted by Gasteiger charge is 2.22. The molecule has 1 saturated heterocycles. The van der Waals surface area contributed by atoms with E-state index in [1.807, 2.05) is 12.1 Å². The van der Waals surface area contributed by atoms with Crippen molar-refractivity contribution in [3.63, 3.8) is 0 Å². The Morgan fingerprint density at radius 3 is 2.95 bits per heavy atom. The van der Waals surface area contributed by atoms with E-state index in [1.54, 1.807) is 0 Å². The van der Waals surface area contributed by atoms with Crippen LogP contribution in [0.2, 0.25) is 10.0 Å². The van der Waals surface area contributed by atoms with Gasteiger partial charge in [0.05, 0.1) is 10.0 Å². The van der Waals surface area contributed by atoms with E-state index in [4.69, 9.17) is 23.2 Å². The maximum absolute atomic E-state index is 6.31. The van der Waals surface area contributed by atoms with Crippen LogP contribution in [0.3, 0.4) is 0 Å². The Balaban J connectivity index is 1.99. The van der Waals surface area contributed by atoms with E-state index in [0.29, 0.717) is 16.1 Å². The van der Waals surface area contributed by atoms with Gasteiger partial charge in [0.1, 0.15) is 0 Å². The van der Waals surface area contributed by atoms with E-state index in [2.05, 4.69) is 23.2 Å². The third-order valence-corrected chi connectivity index (χ3v) is 4.82. The molecule has 1 unspecified atom stereocenters. The Bertz CT molecular complexity index is 423. The molecule has 4 heteroatoms. The van der Waals surface area contributed by atoms with Gasteiger partial charge in [0, 0.05) is 19.1 Å². The molecule has 0 amide bonds. The third kappa shape index (κ3) is 4.36. The highest BCUT2D eigenvalue weighted by atomic mass is 35.5. The number of nitrogens with zero attached hydrogens (tertiary/aromatic N) is 1. The largest absolute Gasteiger partial charge is 0.315 e. The lowest BCUT2D eigenvalue weighted by atomic mass is 10.0. The van der Waals surface area contributed by atoms with E-state index < -0.39 is 0 Å². The van der Waals surface area contributed by atoms with Crippen molar-refractivity contribution >= 4 is 23.2 Å². The van der Waals surface area contributed by atoms with Crippen molar-refractivity contribution in [2.45, 2.75) is 45.2 Å². The smallest absolute Gasteiger partial charge is 0.0637 e. The summed E-state index contributed by atoms with van der Waals surface area (Å²) in [5, 5.41) is 4.91. The topological polar surface area (TPSA) is 15.3 Å². The number of nitrogens with one attached hydrogen (secondary N) is 1.